The lowest BCUT2D eigenvalue weighted by atomic mass is 9.87. The maximum absolute atomic E-state index is 5.46. The predicted molar refractivity (Wildman–Crippen MR) is 266 cm³/mol. The summed E-state index contributed by atoms with van der Waals surface area (Å²) in [6, 6.07) is 59.4. The van der Waals surface area contributed by atoms with Crippen LogP contribution in [0.5, 0.6) is 0 Å². The van der Waals surface area contributed by atoms with Crippen LogP contribution in [0.25, 0.3) is 90.1 Å². The Morgan fingerprint density at radius 3 is 1.35 bits per heavy atom. The number of aromatic nitrogens is 5. The first-order valence-electron chi connectivity index (χ1n) is 22.1. The van der Waals surface area contributed by atoms with Crippen LogP contribution in [0.2, 0.25) is 0 Å². The van der Waals surface area contributed by atoms with Crippen LogP contribution in [0.15, 0.2) is 170 Å². The van der Waals surface area contributed by atoms with Crippen molar-refractivity contribution in [3.63, 3.8) is 0 Å². The first-order valence-corrected chi connectivity index (χ1v) is 22.1. The first-order chi connectivity index (χ1) is 30.4. The highest BCUT2D eigenvalue weighted by Crippen LogP contribution is 2.42. The lowest BCUT2D eigenvalue weighted by Crippen LogP contribution is -2.11. The number of fused-ring (bicyclic) bond motifs is 3. The summed E-state index contributed by atoms with van der Waals surface area (Å²) in [4.78, 5) is 10.9. The molecule has 0 aliphatic heterocycles. The number of aryl methyl sites for hydroxylation is 1. The lowest BCUT2D eigenvalue weighted by Gasteiger charge is -2.20. The number of rotatable bonds is 8. The Morgan fingerprint density at radius 2 is 0.889 bits per heavy atom. The number of para-hydroxylation sites is 5. The van der Waals surface area contributed by atoms with Crippen LogP contribution in [0.3, 0.4) is 0 Å². The van der Waals surface area contributed by atoms with Crippen LogP contribution < -0.4 is 0 Å². The van der Waals surface area contributed by atoms with Gasteiger partial charge < -0.3 is 4.57 Å². The quantitative estimate of drug-likeness (QED) is 0.153. The molecule has 3 heterocycles. The maximum atomic E-state index is 5.46. The molecule has 7 aromatic carbocycles. The minimum absolute atomic E-state index is 0.0293. The third-order valence-electron chi connectivity index (χ3n) is 12.5. The van der Waals surface area contributed by atoms with Crippen LogP contribution in [0.4, 0.5) is 0 Å². The highest BCUT2D eigenvalue weighted by molar-refractivity contribution is 5.96. The molecule has 0 bridgehead atoms. The van der Waals surface area contributed by atoms with Gasteiger partial charge in [-0.2, -0.15) is 0 Å². The number of nitrogens with zero attached hydrogens (tertiary/aromatic N) is 5. The number of hydrogen-bond acceptors (Lipinski definition) is 2. The van der Waals surface area contributed by atoms with Crippen LogP contribution in [-0.4, -0.2) is 23.7 Å². The van der Waals surface area contributed by atoms with Crippen LogP contribution >= 0.6 is 0 Å². The second-order valence-electron chi connectivity index (χ2n) is 18.7. The van der Waals surface area contributed by atoms with E-state index in [0.29, 0.717) is 0 Å². The number of imidazole rings is 2. The van der Waals surface area contributed by atoms with Crippen molar-refractivity contribution in [3.05, 3.63) is 193 Å². The molecular weight excluding hydrogens is 767 g/mol. The molecule has 0 saturated heterocycles. The van der Waals surface area contributed by atoms with Crippen LogP contribution in [0.1, 0.15) is 70.7 Å². The van der Waals surface area contributed by atoms with Crippen molar-refractivity contribution in [1.82, 2.24) is 23.7 Å². The molecule has 0 fully saturated rings. The molecule has 10 aromatic rings. The van der Waals surface area contributed by atoms with Crippen molar-refractivity contribution in [2.75, 3.05) is 0 Å². The normalized spacial score (nSPS) is 12.2. The van der Waals surface area contributed by atoms with Crippen molar-refractivity contribution in [2.45, 2.75) is 65.7 Å². The Hall–Kier alpha value is -7.24. The Balaban J connectivity index is 1.30. The molecule has 0 amide bonds. The molecule has 0 radical (unpaired) electrons. The van der Waals surface area contributed by atoms with Gasteiger partial charge in [0.05, 0.1) is 33.3 Å². The van der Waals surface area contributed by atoms with E-state index in [4.69, 9.17) is 9.97 Å². The molecule has 10 rings (SSSR count). The molecular formula is C58H53N5. The van der Waals surface area contributed by atoms with Crippen LogP contribution in [0, 0.1) is 0 Å². The maximum Gasteiger partial charge on any atom is 0.145 e. The fourth-order valence-corrected chi connectivity index (χ4v) is 9.20. The molecule has 0 unspecified atom stereocenters. The SMILES string of the molecule is C=Cc1ccc(-n2c(-c3cc(-c4nc5ccccc5n4-c4ccc(C(C)(C)C)cc4)cc(-c4nc5ccccc5n4-c4ccc(C(C)(C)C)cc4)c3)c(CC)c3ccccc32)cc1. The fourth-order valence-electron chi connectivity index (χ4n) is 9.20. The zero-order valence-electron chi connectivity index (χ0n) is 37.3. The summed E-state index contributed by atoms with van der Waals surface area (Å²) in [5.74, 6) is 1.74. The highest BCUT2D eigenvalue weighted by Gasteiger charge is 2.25. The summed E-state index contributed by atoms with van der Waals surface area (Å²) in [7, 11) is 0. The second kappa shape index (κ2) is 15.3. The standard InChI is InChI=1S/C58H53N5/c1-9-38-23-29-44(30-24-38)61-51-20-14-11-17-48(51)47(10-2)54(61)39-35-40(55-59-49-18-12-15-21-52(49)62(55)45-31-25-42(26-32-45)57(3,4)5)37-41(36-39)56-60-50-19-13-16-22-53(50)63(56)46-33-27-43(28-34-46)58(6,7)8/h9,11-37H,1,10H2,2-8H3. The van der Waals surface area contributed by atoms with Gasteiger partial charge in [0, 0.05) is 39.1 Å². The molecule has 310 valence electrons. The Kier molecular flexibility index (Phi) is 9.67. The van der Waals surface area contributed by atoms with Crippen molar-refractivity contribution >= 4 is 39.0 Å². The molecule has 0 saturated carbocycles. The summed E-state index contributed by atoms with van der Waals surface area (Å²) in [5, 5.41) is 1.24. The fraction of sp³-hybridized carbons (Fsp3) is 0.172. The third-order valence-corrected chi connectivity index (χ3v) is 12.5. The van der Waals surface area contributed by atoms with E-state index in [-0.39, 0.29) is 10.8 Å². The molecule has 0 aliphatic carbocycles. The second-order valence-corrected chi connectivity index (χ2v) is 18.7. The van der Waals surface area contributed by atoms with Gasteiger partial charge in [0.2, 0.25) is 0 Å². The van der Waals surface area contributed by atoms with E-state index in [9.17, 15) is 0 Å². The van der Waals surface area contributed by atoms with E-state index < -0.39 is 0 Å². The average Bonchev–Trinajstić information content (AvgIpc) is 3.99. The molecule has 0 N–H and O–H groups in total. The van der Waals surface area contributed by atoms with E-state index in [2.05, 4.69) is 233 Å². The lowest BCUT2D eigenvalue weighted by molar-refractivity contribution is 0.590. The van der Waals surface area contributed by atoms with E-state index in [1.165, 1.54) is 27.6 Å². The third kappa shape index (κ3) is 6.98. The molecule has 0 spiro atoms. The number of benzene rings is 7. The topological polar surface area (TPSA) is 40.6 Å². The van der Waals surface area contributed by atoms with E-state index >= 15 is 0 Å². The largest absolute Gasteiger partial charge is 0.309 e. The molecule has 63 heavy (non-hydrogen) atoms. The minimum atomic E-state index is 0.0293. The molecule has 5 heteroatoms. The Bertz CT molecular complexity index is 3170. The van der Waals surface area contributed by atoms with Gasteiger partial charge in [0.15, 0.2) is 0 Å². The van der Waals surface area contributed by atoms with Gasteiger partial charge in [-0.1, -0.05) is 140 Å². The molecule has 0 aliphatic rings. The smallest absolute Gasteiger partial charge is 0.145 e. The summed E-state index contributed by atoms with van der Waals surface area (Å²) in [6.45, 7) is 19.9. The Morgan fingerprint density at radius 1 is 0.476 bits per heavy atom. The van der Waals surface area contributed by atoms with Crippen molar-refractivity contribution in [3.8, 4) is 51.1 Å². The minimum Gasteiger partial charge on any atom is -0.309 e. The molecule has 0 atom stereocenters. The van der Waals surface area contributed by atoms with Gasteiger partial charge >= 0.3 is 0 Å². The molecule has 3 aromatic heterocycles. The highest BCUT2D eigenvalue weighted by atomic mass is 15.1. The van der Waals surface area contributed by atoms with E-state index in [1.807, 2.05) is 6.08 Å². The van der Waals surface area contributed by atoms with Gasteiger partial charge in [-0.3, -0.25) is 9.13 Å². The monoisotopic (exact) mass is 819 g/mol. The van der Waals surface area contributed by atoms with Crippen molar-refractivity contribution in [1.29, 1.82) is 0 Å². The van der Waals surface area contributed by atoms with Gasteiger partial charge in [0.25, 0.3) is 0 Å². The van der Waals surface area contributed by atoms with Gasteiger partial charge in [-0.15, -0.1) is 0 Å². The zero-order valence-corrected chi connectivity index (χ0v) is 37.3. The summed E-state index contributed by atoms with van der Waals surface area (Å²) >= 11 is 0. The van der Waals surface area contributed by atoms with Gasteiger partial charge in [-0.05, 0) is 124 Å². The van der Waals surface area contributed by atoms with Gasteiger partial charge in [0.1, 0.15) is 11.6 Å². The summed E-state index contributed by atoms with van der Waals surface area (Å²) in [6.07, 6.45) is 2.75. The summed E-state index contributed by atoms with van der Waals surface area (Å²) in [5.41, 5.74) is 17.6. The Labute approximate surface area is 370 Å². The number of hydrogen-bond donors (Lipinski definition) is 0. The average molecular weight is 820 g/mol. The predicted octanol–water partition coefficient (Wildman–Crippen LogP) is 15.1. The summed E-state index contributed by atoms with van der Waals surface area (Å²) < 4.78 is 7.08. The van der Waals surface area contributed by atoms with Crippen molar-refractivity contribution < 1.29 is 0 Å². The zero-order chi connectivity index (χ0) is 43.6. The first kappa shape index (κ1) is 39.9. The molecule has 5 nitrogen and oxygen atoms in total. The van der Waals surface area contributed by atoms with Gasteiger partial charge in [-0.25, -0.2) is 9.97 Å². The van der Waals surface area contributed by atoms with Crippen molar-refractivity contribution in [2.24, 2.45) is 0 Å². The van der Waals surface area contributed by atoms with E-state index in [0.717, 1.165) is 85.1 Å². The van der Waals surface area contributed by atoms with E-state index in [1.54, 1.807) is 0 Å². The van der Waals surface area contributed by atoms with Crippen LogP contribution in [-0.2, 0) is 17.3 Å².